The van der Waals surface area contributed by atoms with Gasteiger partial charge in [0, 0.05) is 7.11 Å². The summed E-state index contributed by atoms with van der Waals surface area (Å²) in [6.45, 7) is 2.60. The van der Waals surface area contributed by atoms with Gasteiger partial charge in [-0.2, -0.15) is 0 Å². The Balaban J connectivity index is 2.19. The molecule has 0 fully saturated rings. The topological polar surface area (TPSA) is 104 Å². The van der Waals surface area contributed by atoms with Gasteiger partial charge >= 0.3 is 0 Å². The zero-order valence-corrected chi connectivity index (χ0v) is 10.5. The first-order valence-electron chi connectivity index (χ1n) is 5.68. The van der Waals surface area contributed by atoms with Gasteiger partial charge in [-0.25, -0.2) is 4.68 Å². The molecule has 0 aromatic carbocycles. The molecule has 0 aliphatic heterocycles. The number of nitrogens with two attached hydrogens (primary N) is 1. The molecule has 1 aromatic heterocycles. The van der Waals surface area contributed by atoms with Crippen molar-refractivity contribution in [3.05, 3.63) is 11.9 Å². The van der Waals surface area contributed by atoms with Gasteiger partial charge < -0.3 is 20.5 Å². The zero-order valence-electron chi connectivity index (χ0n) is 10.5. The van der Waals surface area contributed by atoms with Gasteiger partial charge in [0.15, 0.2) is 0 Å². The smallest absolute Gasteiger partial charge is 0.234 e. The number of nitrogens with one attached hydrogen (secondary N) is 1. The predicted molar refractivity (Wildman–Crippen MR) is 63.6 cm³/mol. The third-order valence-corrected chi connectivity index (χ3v) is 2.13. The van der Waals surface area contributed by atoms with Crippen molar-refractivity contribution in [3.63, 3.8) is 0 Å². The molecular formula is C10H19N5O3. The predicted octanol–water partition coefficient (Wildman–Crippen LogP) is -1.48. The standard InChI is InChI=1S/C10H19N5O3/c1-17-4-5-18-3-2-15-8-9(13-14-15)7-12-10(16)6-11/h8H,2-7,11H2,1H3,(H,12,16). The number of nitrogens with zero attached hydrogens (tertiary/aromatic N) is 3. The van der Waals surface area contributed by atoms with Crippen LogP contribution in [-0.4, -0.2) is 54.4 Å². The summed E-state index contributed by atoms with van der Waals surface area (Å²) in [4.78, 5) is 10.9. The van der Waals surface area contributed by atoms with E-state index in [4.69, 9.17) is 15.2 Å². The van der Waals surface area contributed by atoms with Gasteiger partial charge in [-0.05, 0) is 0 Å². The average molecular weight is 257 g/mol. The Morgan fingerprint density at radius 3 is 3.06 bits per heavy atom. The molecule has 0 bridgehead atoms. The minimum absolute atomic E-state index is 0.0263. The van der Waals surface area contributed by atoms with E-state index in [2.05, 4.69) is 15.6 Å². The van der Waals surface area contributed by atoms with E-state index in [1.165, 1.54) is 0 Å². The molecule has 1 aromatic rings. The molecule has 0 unspecified atom stereocenters. The Kier molecular flexibility index (Phi) is 6.92. The minimum Gasteiger partial charge on any atom is -0.382 e. The van der Waals surface area contributed by atoms with Gasteiger partial charge in [-0.15, -0.1) is 5.10 Å². The molecule has 1 heterocycles. The first-order chi connectivity index (χ1) is 8.76. The summed E-state index contributed by atoms with van der Waals surface area (Å²) >= 11 is 0. The van der Waals surface area contributed by atoms with E-state index in [-0.39, 0.29) is 12.5 Å². The molecule has 0 saturated heterocycles. The summed E-state index contributed by atoms with van der Waals surface area (Å²) in [6.07, 6.45) is 1.76. The van der Waals surface area contributed by atoms with E-state index in [1.54, 1.807) is 18.0 Å². The summed E-state index contributed by atoms with van der Waals surface area (Å²) in [5, 5.41) is 10.4. The van der Waals surface area contributed by atoms with Crippen molar-refractivity contribution in [2.24, 2.45) is 5.73 Å². The highest BCUT2D eigenvalue weighted by Gasteiger charge is 2.02. The molecule has 0 aliphatic rings. The van der Waals surface area contributed by atoms with Gasteiger partial charge in [-0.3, -0.25) is 4.79 Å². The van der Waals surface area contributed by atoms with Crippen molar-refractivity contribution in [1.82, 2.24) is 20.3 Å². The van der Waals surface area contributed by atoms with Gasteiger partial charge in [-0.1, -0.05) is 5.21 Å². The number of amides is 1. The highest BCUT2D eigenvalue weighted by Crippen LogP contribution is 1.92. The summed E-state index contributed by atoms with van der Waals surface area (Å²) in [6, 6.07) is 0. The second-order valence-electron chi connectivity index (χ2n) is 3.56. The molecule has 0 spiro atoms. The Morgan fingerprint density at radius 2 is 2.33 bits per heavy atom. The van der Waals surface area contributed by atoms with Crippen LogP contribution in [0, 0.1) is 0 Å². The zero-order chi connectivity index (χ0) is 13.2. The molecule has 0 saturated carbocycles. The molecule has 1 amide bonds. The molecule has 0 aliphatic carbocycles. The molecule has 3 N–H and O–H groups in total. The van der Waals surface area contributed by atoms with Crippen LogP contribution >= 0.6 is 0 Å². The molecule has 8 heteroatoms. The van der Waals surface area contributed by atoms with Crippen LogP contribution in [0.3, 0.4) is 0 Å². The molecule has 102 valence electrons. The minimum atomic E-state index is -0.215. The van der Waals surface area contributed by atoms with Crippen LogP contribution in [-0.2, 0) is 27.4 Å². The fraction of sp³-hybridized carbons (Fsp3) is 0.700. The Labute approximate surface area is 105 Å². The maximum absolute atomic E-state index is 10.9. The highest BCUT2D eigenvalue weighted by molar-refractivity contribution is 5.77. The van der Waals surface area contributed by atoms with Gasteiger partial charge in [0.2, 0.25) is 5.91 Å². The van der Waals surface area contributed by atoms with Crippen LogP contribution in [0.1, 0.15) is 5.69 Å². The number of rotatable bonds is 9. The third kappa shape index (κ3) is 5.71. The van der Waals surface area contributed by atoms with Crippen molar-refractivity contribution in [1.29, 1.82) is 0 Å². The second-order valence-corrected chi connectivity index (χ2v) is 3.56. The van der Waals surface area contributed by atoms with E-state index < -0.39 is 0 Å². The van der Waals surface area contributed by atoms with E-state index in [0.717, 1.165) is 0 Å². The molecule has 0 atom stereocenters. The van der Waals surface area contributed by atoms with E-state index in [0.29, 0.717) is 38.6 Å². The monoisotopic (exact) mass is 257 g/mol. The summed E-state index contributed by atoms with van der Waals surface area (Å²) < 4.78 is 11.8. The normalized spacial score (nSPS) is 10.6. The maximum Gasteiger partial charge on any atom is 0.234 e. The fourth-order valence-corrected chi connectivity index (χ4v) is 1.19. The van der Waals surface area contributed by atoms with E-state index in [1.807, 2.05) is 0 Å². The quantitative estimate of drug-likeness (QED) is 0.523. The van der Waals surface area contributed by atoms with Gasteiger partial charge in [0.1, 0.15) is 5.69 Å². The van der Waals surface area contributed by atoms with Crippen LogP contribution < -0.4 is 11.1 Å². The fourth-order valence-electron chi connectivity index (χ4n) is 1.19. The summed E-state index contributed by atoms with van der Waals surface area (Å²) in [7, 11) is 1.63. The maximum atomic E-state index is 10.9. The van der Waals surface area contributed by atoms with Crippen molar-refractivity contribution in [2.45, 2.75) is 13.1 Å². The summed E-state index contributed by atoms with van der Waals surface area (Å²) in [5.74, 6) is -0.215. The van der Waals surface area contributed by atoms with Crippen molar-refractivity contribution >= 4 is 5.91 Å². The Bertz CT molecular complexity index is 355. The number of hydrogen-bond acceptors (Lipinski definition) is 6. The van der Waals surface area contributed by atoms with Crippen molar-refractivity contribution in [3.8, 4) is 0 Å². The molecule has 0 radical (unpaired) electrons. The summed E-state index contributed by atoms with van der Waals surface area (Å²) in [5.41, 5.74) is 5.86. The van der Waals surface area contributed by atoms with Crippen LogP contribution in [0.2, 0.25) is 0 Å². The van der Waals surface area contributed by atoms with Crippen molar-refractivity contribution < 1.29 is 14.3 Å². The van der Waals surface area contributed by atoms with Gasteiger partial charge in [0.25, 0.3) is 0 Å². The van der Waals surface area contributed by atoms with Crippen LogP contribution in [0.4, 0.5) is 0 Å². The average Bonchev–Trinajstić information content (AvgIpc) is 2.83. The lowest BCUT2D eigenvalue weighted by molar-refractivity contribution is -0.119. The number of hydrogen-bond donors (Lipinski definition) is 2. The number of ether oxygens (including phenoxy) is 2. The lowest BCUT2D eigenvalue weighted by Crippen LogP contribution is -2.29. The third-order valence-electron chi connectivity index (χ3n) is 2.13. The SMILES string of the molecule is COCCOCCn1cc(CNC(=O)CN)nn1. The molecular weight excluding hydrogens is 238 g/mol. The Morgan fingerprint density at radius 1 is 1.50 bits per heavy atom. The molecule has 1 rings (SSSR count). The molecule has 8 nitrogen and oxygen atoms in total. The lowest BCUT2D eigenvalue weighted by atomic mass is 10.4. The highest BCUT2D eigenvalue weighted by atomic mass is 16.5. The second kappa shape index (κ2) is 8.56. The van der Waals surface area contributed by atoms with Crippen LogP contribution in [0.5, 0.6) is 0 Å². The first-order valence-corrected chi connectivity index (χ1v) is 5.68. The van der Waals surface area contributed by atoms with E-state index >= 15 is 0 Å². The van der Waals surface area contributed by atoms with E-state index in [9.17, 15) is 4.79 Å². The first kappa shape index (κ1) is 14.6. The van der Waals surface area contributed by atoms with Gasteiger partial charge in [0.05, 0.1) is 45.7 Å². The Hall–Kier alpha value is -1.51. The number of carbonyl (C=O) groups excluding carboxylic acids is 1. The molecule has 18 heavy (non-hydrogen) atoms. The number of carbonyl (C=O) groups is 1. The van der Waals surface area contributed by atoms with Crippen LogP contribution in [0.25, 0.3) is 0 Å². The largest absolute Gasteiger partial charge is 0.382 e. The lowest BCUT2D eigenvalue weighted by Gasteiger charge is -2.02. The number of aromatic nitrogens is 3. The van der Waals surface area contributed by atoms with Crippen LogP contribution in [0.15, 0.2) is 6.20 Å². The van der Waals surface area contributed by atoms with Crippen molar-refractivity contribution in [2.75, 3.05) is 33.5 Å². The number of methoxy groups -OCH3 is 1.